The third kappa shape index (κ3) is 3.15. The van der Waals surface area contributed by atoms with Gasteiger partial charge in [0.1, 0.15) is 11.6 Å². The number of carbonyl (C=O) groups excluding carboxylic acids is 1. The fourth-order valence-electron chi connectivity index (χ4n) is 2.66. The standard InChI is InChI=1S/C19H17NO4/c1-12-14-9-5-6-10-16(14)24-17(12)18(21)20-15(19(22)23)11-13-7-3-2-4-8-13/h2-10,15H,11H2,1H3,(H,20,21)(H,22,23). The van der Waals surface area contributed by atoms with E-state index in [1.807, 2.05) is 48.5 Å². The van der Waals surface area contributed by atoms with E-state index in [1.165, 1.54) is 0 Å². The number of carboxylic acid groups (broad SMARTS) is 1. The van der Waals surface area contributed by atoms with Crippen LogP contribution in [0.2, 0.25) is 0 Å². The lowest BCUT2D eigenvalue weighted by Gasteiger charge is -2.14. The van der Waals surface area contributed by atoms with Crippen LogP contribution < -0.4 is 5.32 Å². The summed E-state index contributed by atoms with van der Waals surface area (Å²) in [7, 11) is 0. The van der Waals surface area contributed by atoms with Crippen LogP contribution in [0, 0.1) is 6.92 Å². The fourth-order valence-corrected chi connectivity index (χ4v) is 2.66. The first kappa shape index (κ1) is 15.8. The number of benzene rings is 2. The molecular formula is C19H17NO4. The first-order valence-electron chi connectivity index (χ1n) is 7.62. The molecule has 2 aromatic carbocycles. The Morgan fingerprint density at radius 1 is 1.08 bits per heavy atom. The minimum absolute atomic E-state index is 0.149. The number of furan rings is 1. The molecule has 0 aliphatic heterocycles. The molecule has 3 aromatic rings. The van der Waals surface area contributed by atoms with Gasteiger partial charge in [-0.15, -0.1) is 0 Å². The summed E-state index contributed by atoms with van der Waals surface area (Å²) in [6.45, 7) is 1.79. The van der Waals surface area contributed by atoms with Crippen LogP contribution in [0.3, 0.4) is 0 Å². The Bertz CT molecular complexity index is 883. The molecule has 122 valence electrons. The topological polar surface area (TPSA) is 79.5 Å². The second-order valence-corrected chi connectivity index (χ2v) is 5.61. The molecule has 0 fully saturated rings. The highest BCUT2D eigenvalue weighted by Crippen LogP contribution is 2.24. The summed E-state index contributed by atoms with van der Waals surface area (Å²) in [5, 5.41) is 12.8. The third-order valence-corrected chi connectivity index (χ3v) is 3.94. The molecule has 1 atom stereocenters. The van der Waals surface area contributed by atoms with Gasteiger partial charge in [0.25, 0.3) is 5.91 Å². The van der Waals surface area contributed by atoms with Crippen molar-refractivity contribution in [3.05, 3.63) is 71.5 Å². The van der Waals surface area contributed by atoms with Gasteiger partial charge < -0.3 is 14.8 Å². The Morgan fingerprint density at radius 2 is 1.75 bits per heavy atom. The quantitative estimate of drug-likeness (QED) is 0.756. The summed E-state index contributed by atoms with van der Waals surface area (Å²) < 4.78 is 5.59. The van der Waals surface area contributed by atoms with Crippen LogP contribution >= 0.6 is 0 Å². The summed E-state index contributed by atoms with van der Waals surface area (Å²) >= 11 is 0. The Morgan fingerprint density at radius 3 is 2.42 bits per heavy atom. The number of nitrogens with one attached hydrogen (secondary N) is 1. The Balaban J connectivity index is 1.82. The highest BCUT2D eigenvalue weighted by molar-refractivity contribution is 6.00. The molecule has 5 heteroatoms. The van der Waals surface area contributed by atoms with Crippen LogP contribution in [0.1, 0.15) is 21.7 Å². The van der Waals surface area contributed by atoms with Crippen LogP contribution in [-0.2, 0) is 11.2 Å². The molecular weight excluding hydrogens is 306 g/mol. The van der Waals surface area contributed by atoms with Crippen LogP contribution in [0.4, 0.5) is 0 Å². The number of carbonyl (C=O) groups is 2. The molecule has 3 rings (SSSR count). The van der Waals surface area contributed by atoms with Crippen molar-refractivity contribution in [1.29, 1.82) is 0 Å². The number of aliphatic carboxylic acids is 1. The minimum Gasteiger partial charge on any atom is -0.480 e. The Hall–Kier alpha value is -3.08. The van der Waals surface area contributed by atoms with Crippen LogP contribution in [0.5, 0.6) is 0 Å². The van der Waals surface area contributed by atoms with Crippen molar-refractivity contribution in [3.63, 3.8) is 0 Å². The van der Waals surface area contributed by atoms with Gasteiger partial charge in [-0.2, -0.15) is 0 Å². The highest BCUT2D eigenvalue weighted by Gasteiger charge is 2.24. The number of carboxylic acids is 1. The zero-order valence-electron chi connectivity index (χ0n) is 13.2. The van der Waals surface area contributed by atoms with E-state index in [9.17, 15) is 14.7 Å². The van der Waals surface area contributed by atoms with Crippen molar-refractivity contribution >= 4 is 22.8 Å². The van der Waals surface area contributed by atoms with Gasteiger partial charge in [-0.25, -0.2) is 4.79 Å². The molecule has 0 spiro atoms. The summed E-state index contributed by atoms with van der Waals surface area (Å²) in [6, 6.07) is 15.5. The molecule has 0 radical (unpaired) electrons. The summed E-state index contributed by atoms with van der Waals surface area (Å²) in [5.41, 5.74) is 2.15. The molecule has 1 aromatic heterocycles. The summed E-state index contributed by atoms with van der Waals surface area (Å²) in [6.07, 6.45) is 0.210. The minimum atomic E-state index is -1.08. The van der Waals surface area contributed by atoms with Crippen molar-refractivity contribution in [2.24, 2.45) is 0 Å². The summed E-state index contributed by atoms with van der Waals surface area (Å²) in [5.74, 6) is -1.46. The maximum atomic E-state index is 12.5. The van der Waals surface area contributed by atoms with Crippen molar-refractivity contribution in [3.8, 4) is 0 Å². The molecule has 1 heterocycles. The van der Waals surface area contributed by atoms with Crippen molar-refractivity contribution in [2.45, 2.75) is 19.4 Å². The number of para-hydroxylation sites is 1. The molecule has 0 aliphatic rings. The second kappa shape index (κ2) is 6.58. The SMILES string of the molecule is Cc1c(C(=O)NC(Cc2ccccc2)C(=O)O)oc2ccccc12. The largest absolute Gasteiger partial charge is 0.480 e. The van der Waals surface area contributed by atoms with E-state index < -0.39 is 17.9 Å². The van der Waals surface area contributed by atoms with E-state index in [2.05, 4.69) is 5.32 Å². The van der Waals surface area contributed by atoms with Gasteiger partial charge in [0.15, 0.2) is 5.76 Å². The Labute approximate surface area is 138 Å². The predicted molar refractivity (Wildman–Crippen MR) is 90.0 cm³/mol. The zero-order valence-corrected chi connectivity index (χ0v) is 13.2. The van der Waals surface area contributed by atoms with Crippen molar-refractivity contribution in [2.75, 3.05) is 0 Å². The van der Waals surface area contributed by atoms with E-state index in [0.717, 1.165) is 10.9 Å². The number of hydrogen-bond donors (Lipinski definition) is 2. The van der Waals surface area contributed by atoms with Crippen molar-refractivity contribution < 1.29 is 19.1 Å². The molecule has 1 unspecified atom stereocenters. The van der Waals surface area contributed by atoms with Gasteiger partial charge in [0.05, 0.1) is 0 Å². The van der Waals surface area contributed by atoms with E-state index >= 15 is 0 Å². The molecule has 5 nitrogen and oxygen atoms in total. The first-order chi connectivity index (χ1) is 11.6. The van der Waals surface area contributed by atoms with Crippen LogP contribution in [0.25, 0.3) is 11.0 Å². The molecule has 0 aliphatic carbocycles. The van der Waals surface area contributed by atoms with Gasteiger partial charge in [-0.1, -0.05) is 48.5 Å². The van der Waals surface area contributed by atoms with Crippen molar-refractivity contribution in [1.82, 2.24) is 5.32 Å². The lowest BCUT2D eigenvalue weighted by Crippen LogP contribution is -2.42. The number of fused-ring (bicyclic) bond motifs is 1. The van der Waals surface area contributed by atoms with E-state index in [4.69, 9.17) is 4.42 Å². The highest BCUT2D eigenvalue weighted by atomic mass is 16.4. The van der Waals surface area contributed by atoms with Gasteiger partial charge in [0, 0.05) is 17.4 Å². The predicted octanol–water partition coefficient (Wildman–Crippen LogP) is 3.17. The summed E-state index contributed by atoms with van der Waals surface area (Å²) in [4.78, 5) is 24.0. The lowest BCUT2D eigenvalue weighted by molar-refractivity contribution is -0.139. The third-order valence-electron chi connectivity index (χ3n) is 3.94. The maximum absolute atomic E-state index is 12.5. The smallest absolute Gasteiger partial charge is 0.326 e. The van der Waals surface area contributed by atoms with E-state index in [0.29, 0.717) is 11.1 Å². The molecule has 0 bridgehead atoms. The molecule has 0 saturated heterocycles. The van der Waals surface area contributed by atoms with Gasteiger partial charge in [-0.05, 0) is 18.6 Å². The average molecular weight is 323 g/mol. The molecule has 2 N–H and O–H groups in total. The number of aryl methyl sites for hydroxylation is 1. The first-order valence-corrected chi connectivity index (χ1v) is 7.62. The number of hydrogen-bond acceptors (Lipinski definition) is 3. The number of amides is 1. The monoisotopic (exact) mass is 323 g/mol. The van der Waals surface area contributed by atoms with Gasteiger partial charge in [-0.3, -0.25) is 4.79 Å². The van der Waals surface area contributed by atoms with Crippen LogP contribution in [0.15, 0.2) is 59.0 Å². The average Bonchev–Trinajstić information content (AvgIpc) is 2.92. The lowest BCUT2D eigenvalue weighted by atomic mass is 10.1. The van der Waals surface area contributed by atoms with Gasteiger partial charge >= 0.3 is 5.97 Å². The maximum Gasteiger partial charge on any atom is 0.326 e. The van der Waals surface area contributed by atoms with E-state index in [1.54, 1.807) is 13.0 Å². The molecule has 1 amide bonds. The second-order valence-electron chi connectivity index (χ2n) is 5.61. The number of rotatable bonds is 5. The van der Waals surface area contributed by atoms with Crippen LogP contribution in [-0.4, -0.2) is 23.0 Å². The fraction of sp³-hybridized carbons (Fsp3) is 0.158. The molecule has 0 saturated carbocycles. The Kier molecular flexibility index (Phi) is 4.33. The van der Waals surface area contributed by atoms with E-state index in [-0.39, 0.29) is 12.2 Å². The molecule has 24 heavy (non-hydrogen) atoms. The van der Waals surface area contributed by atoms with Gasteiger partial charge in [0.2, 0.25) is 0 Å². The normalized spacial score (nSPS) is 12.0. The zero-order chi connectivity index (χ0) is 17.1.